The lowest BCUT2D eigenvalue weighted by Crippen LogP contribution is -2.30. The van der Waals surface area contributed by atoms with Crippen LogP contribution in [0.15, 0.2) is 109 Å². The van der Waals surface area contributed by atoms with Crippen LogP contribution in [-0.2, 0) is 28.6 Å². The van der Waals surface area contributed by atoms with E-state index in [1.807, 2.05) is 0 Å². The summed E-state index contributed by atoms with van der Waals surface area (Å²) in [6, 6.07) is 0. The lowest BCUT2D eigenvalue weighted by Gasteiger charge is -2.18. The molecule has 0 aliphatic heterocycles. The molecule has 0 spiro atoms. The van der Waals surface area contributed by atoms with Gasteiger partial charge in [-0.1, -0.05) is 271 Å². The Balaban J connectivity index is 4.35. The predicted molar refractivity (Wildman–Crippen MR) is 334 cm³/mol. The van der Waals surface area contributed by atoms with Crippen molar-refractivity contribution >= 4 is 17.9 Å². The Labute approximate surface area is 476 Å². The molecule has 0 saturated carbocycles. The van der Waals surface area contributed by atoms with Gasteiger partial charge in [0.25, 0.3) is 0 Å². The monoisotopic (exact) mass is 1070 g/mol. The quantitative estimate of drug-likeness (QED) is 0.0261. The van der Waals surface area contributed by atoms with E-state index in [0.717, 1.165) is 128 Å². The van der Waals surface area contributed by atoms with Gasteiger partial charge in [-0.25, -0.2) is 0 Å². The van der Waals surface area contributed by atoms with Crippen molar-refractivity contribution < 1.29 is 28.6 Å². The van der Waals surface area contributed by atoms with Crippen molar-refractivity contribution in [3.8, 4) is 0 Å². The highest BCUT2D eigenvalue weighted by Gasteiger charge is 2.19. The maximum absolute atomic E-state index is 12.9. The van der Waals surface area contributed by atoms with Gasteiger partial charge in [0.1, 0.15) is 13.2 Å². The maximum atomic E-state index is 12.9. The summed E-state index contributed by atoms with van der Waals surface area (Å²) in [6.07, 6.45) is 88.0. The van der Waals surface area contributed by atoms with Crippen LogP contribution in [0.1, 0.15) is 303 Å². The first-order chi connectivity index (χ1) is 38.0. The zero-order valence-electron chi connectivity index (χ0n) is 50.4. The molecule has 0 bridgehead atoms. The van der Waals surface area contributed by atoms with E-state index in [9.17, 15) is 14.4 Å². The third-order valence-electron chi connectivity index (χ3n) is 13.7. The number of unbranched alkanes of at least 4 members (excludes halogenated alkanes) is 29. The fraction of sp³-hybridized carbons (Fsp3) is 0.704. The molecule has 0 rings (SSSR count). The Kier molecular flexibility index (Phi) is 61.3. The number of hydrogen-bond acceptors (Lipinski definition) is 6. The molecule has 0 aliphatic rings. The van der Waals surface area contributed by atoms with Gasteiger partial charge in [-0.2, -0.15) is 0 Å². The summed E-state index contributed by atoms with van der Waals surface area (Å²) < 4.78 is 16.9. The number of esters is 3. The van der Waals surface area contributed by atoms with Crippen LogP contribution in [0.4, 0.5) is 0 Å². The molecule has 0 aromatic heterocycles. The number of carbonyl (C=O) groups excluding carboxylic acids is 3. The first-order valence-corrected chi connectivity index (χ1v) is 32.4. The zero-order chi connectivity index (χ0) is 55.7. The molecule has 6 heteroatoms. The number of rotatable bonds is 58. The molecule has 77 heavy (non-hydrogen) atoms. The minimum Gasteiger partial charge on any atom is -0.462 e. The van der Waals surface area contributed by atoms with E-state index >= 15 is 0 Å². The Bertz CT molecular complexity index is 1560. The van der Waals surface area contributed by atoms with Gasteiger partial charge >= 0.3 is 17.9 Å². The largest absolute Gasteiger partial charge is 0.462 e. The van der Waals surface area contributed by atoms with Gasteiger partial charge in [0.2, 0.25) is 0 Å². The topological polar surface area (TPSA) is 78.9 Å². The molecule has 0 fully saturated rings. The molecule has 440 valence electrons. The molecule has 0 heterocycles. The van der Waals surface area contributed by atoms with Gasteiger partial charge < -0.3 is 14.2 Å². The average Bonchev–Trinajstić information content (AvgIpc) is 3.43. The van der Waals surface area contributed by atoms with Crippen LogP contribution in [-0.4, -0.2) is 37.2 Å². The predicted octanol–water partition coefficient (Wildman–Crippen LogP) is 22.2. The zero-order valence-corrected chi connectivity index (χ0v) is 50.4. The number of allylic oxidation sites excluding steroid dienone is 18. The first kappa shape index (κ1) is 73.1. The fourth-order valence-corrected chi connectivity index (χ4v) is 8.95. The number of ether oxygens (including phenoxy) is 3. The second kappa shape index (κ2) is 64.6. The van der Waals surface area contributed by atoms with Crippen LogP contribution in [0, 0.1) is 0 Å². The second-order valence-corrected chi connectivity index (χ2v) is 21.3. The molecule has 0 saturated heterocycles. The Morgan fingerprint density at radius 1 is 0.273 bits per heavy atom. The van der Waals surface area contributed by atoms with Crippen LogP contribution in [0.5, 0.6) is 0 Å². The minimum absolute atomic E-state index is 0.0863. The summed E-state index contributed by atoms with van der Waals surface area (Å²) in [5, 5.41) is 0. The Hall–Kier alpha value is -3.93. The van der Waals surface area contributed by atoms with Crippen molar-refractivity contribution in [2.24, 2.45) is 0 Å². The minimum atomic E-state index is -0.791. The van der Waals surface area contributed by atoms with Gasteiger partial charge in [0.15, 0.2) is 6.10 Å². The molecule has 0 amide bonds. The SMILES string of the molecule is CC/C=C\C/C=C\C/C=C\C/C=C\CCCCCCCCCCCCCCC(=O)OCC(COC(=O)CCCCCCC/C=C\C/C=C\C/C=C\CC)OC(=O)CCCCCCCCCCC/C=C\C/C=C\CCCCC. The molecule has 0 N–H and O–H groups in total. The maximum Gasteiger partial charge on any atom is 0.306 e. The lowest BCUT2D eigenvalue weighted by atomic mass is 10.0. The normalized spacial score (nSPS) is 12.8. The summed E-state index contributed by atoms with van der Waals surface area (Å²) in [6.45, 7) is 6.40. The van der Waals surface area contributed by atoms with Crippen molar-refractivity contribution in [3.05, 3.63) is 109 Å². The molecule has 0 aliphatic carbocycles. The Morgan fingerprint density at radius 2 is 0.506 bits per heavy atom. The smallest absolute Gasteiger partial charge is 0.306 e. The van der Waals surface area contributed by atoms with Crippen molar-refractivity contribution in [1.29, 1.82) is 0 Å². The molecular weight excluding hydrogens is 949 g/mol. The molecule has 6 nitrogen and oxygen atoms in total. The van der Waals surface area contributed by atoms with Gasteiger partial charge in [-0.05, 0) is 122 Å². The van der Waals surface area contributed by atoms with E-state index in [-0.39, 0.29) is 31.1 Å². The third kappa shape index (κ3) is 62.8. The highest BCUT2D eigenvalue weighted by Crippen LogP contribution is 2.16. The number of hydrogen-bond donors (Lipinski definition) is 0. The van der Waals surface area contributed by atoms with Crippen molar-refractivity contribution in [1.82, 2.24) is 0 Å². The fourth-order valence-electron chi connectivity index (χ4n) is 8.95. The summed E-state index contributed by atoms with van der Waals surface area (Å²) in [5.74, 6) is -0.901. The van der Waals surface area contributed by atoms with Crippen molar-refractivity contribution in [2.75, 3.05) is 13.2 Å². The van der Waals surface area contributed by atoms with E-state index in [0.29, 0.717) is 19.3 Å². The van der Waals surface area contributed by atoms with Crippen LogP contribution >= 0.6 is 0 Å². The van der Waals surface area contributed by atoms with Crippen molar-refractivity contribution in [3.63, 3.8) is 0 Å². The van der Waals surface area contributed by atoms with Crippen LogP contribution in [0.25, 0.3) is 0 Å². The van der Waals surface area contributed by atoms with Crippen LogP contribution < -0.4 is 0 Å². The highest BCUT2D eigenvalue weighted by atomic mass is 16.6. The second-order valence-electron chi connectivity index (χ2n) is 21.3. The van der Waals surface area contributed by atoms with Crippen LogP contribution in [0.2, 0.25) is 0 Å². The highest BCUT2D eigenvalue weighted by molar-refractivity contribution is 5.71. The molecule has 1 atom stereocenters. The van der Waals surface area contributed by atoms with Gasteiger partial charge in [0, 0.05) is 19.3 Å². The standard InChI is InChI=1S/C71H120O6/c1-4-7-10-13-16-19-22-25-28-30-32-33-34-35-36-37-39-40-43-46-49-52-55-58-61-64-70(73)76-67-68(66-75-69(72)63-60-57-54-51-48-45-42-27-24-21-18-15-12-9-6-3)77-71(74)65-62-59-56-53-50-47-44-41-38-31-29-26-23-20-17-14-11-8-5-2/h7,9-10,12,16-21,25-29,32-33,42,68H,4-6,8,11,13-15,22-24,30-31,34-41,43-67H2,1-3H3/b10-7-,12-9-,19-16-,20-17-,21-18-,28-25-,29-26-,33-32-,42-27-. The van der Waals surface area contributed by atoms with Gasteiger partial charge in [0.05, 0.1) is 0 Å². The van der Waals surface area contributed by atoms with E-state index in [1.54, 1.807) is 0 Å². The van der Waals surface area contributed by atoms with Crippen molar-refractivity contribution in [2.45, 2.75) is 309 Å². The summed E-state index contributed by atoms with van der Waals surface area (Å²) in [7, 11) is 0. The molecule has 0 aromatic rings. The first-order valence-electron chi connectivity index (χ1n) is 32.4. The Morgan fingerprint density at radius 3 is 0.792 bits per heavy atom. The summed E-state index contributed by atoms with van der Waals surface area (Å²) in [5.41, 5.74) is 0. The number of carbonyl (C=O) groups is 3. The van der Waals surface area contributed by atoms with Crippen LogP contribution in [0.3, 0.4) is 0 Å². The summed E-state index contributed by atoms with van der Waals surface area (Å²) in [4.78, 5) is 38.4. The van der Waals surface area contributed by atoms with E-state index in [4.69, 9.17) is 14.2 Å². The van der Waals surface area contributed by atoms with E-state index in [1.165, 1.54) is 135 Å². The third-order valence-corrected chi connectivity index (χ3v) is 13.7. The molecular formula is C71H120O6. The molecule has 0 radical (unpaired) electrons. The van der Waals surface area contributed by atoms with E-state index < -0.39 is 6.10 Å². The molecule has 0 aromatic carbocycles. The van der Waals surface area contributed by atoms with E-state index in [2.05, 4.69) is 130 Å². The summed E-state index contributed by atoms with van der Waals surface area (Å²) >= 11 is 0. The average molecular weight is 1070 g/mol. The lowest BCUT2D eigenvalue weighted by molar-refractivity contribution is -0.167. The van der Waals surface area contributed by atoms with Gasteiger partial charge in [-0.15, -0.1) is 0 Å². The van der Waals surface area contributed by atoms with Gasteiger partial charge in [-0.3, -0.25) is 14.4 Å². The molecule has 1 unspecified atom stereocenters.